The van der Waals surface area contributed by atoms with Crippen molar-refractivity contribution in [3.63, 3.8) is 0 Å². The molecule has 0 radical (unpaired) electrons. The van der Waals surface area contributed by atoms with E-state index in [9.17, 15) is 4.79 Å². The Morgan fingerprint density at radius 3 is 2.54 bits per heavy atom. The minimum Gasteiger partial charge on any atom is -0.339 e. The number of nitrogens with one attached hydrogen (secondary N) is 1. The van der Waals surface area contributed by atoms with E-state index < -0.39 is 0 Å². The first-order valence-corrected chi connectivity index (χ1v) is 10.5. The third-order valence-electron chi connectivity index (χ3n) is 7.02. The number of carbonyl (C=O) groups is 1. The van der Waals surface area contributed by atoms with Crippen LogP contribution in [0.2, 0.25) is 0 Å². The van der Waals surface area contributed by atoms with Crippen molar-refractivity contribution >= 4 is 5.91 Å². The Hall–Kier alpha value is -1.39. The molecule has 2 heterocycles. The molecule has 26 heavy (non-hydrogen) atoms. The van der Waals surface area contributed by atoms with Crippen LogP contribution in [0.3, 0.4) is 0 Å². The van der Waals surface area contributed by atoms with Gasteiger partial charge in [-0.05, 0) is 37.4 Å². The van der Waals surface area contributed by atoms with Gasteiger partial charge in [-0.3, -0.25) is 9.69 Å². The highest BCUT2D eigenvalue weighted by Crippen LogP contribution is 2.38. The first-order valence-electron chi connectivity index (χ1n) is 10.5. The number of carbonyl (C=O) groups excluding carboxylic acids is 1. The van der Waals surface area contributed by atoms with Crippen LogP contribution >= 0.6 is 0 Å². The average Bonchev–Trinajstić information content (AvgIpc) is 2.63. The zero-order valence-corrected chi connectivity index (χ0v) is 16.1. The monoisotopic (exact) mass is 355 g/mol. The summed E-state index contributed by atoms with van der Waals surface area (Å²) in [6, 6.07) is 10.8. The summed E-state index contributed by atoms with van der Waals surface area (Å²) in [6.45, 7) is 8.00. The van der Waals surface area contributed by atoms with Crippen LogP contribution < -0.4 is 5.32 Å². The maximum Gasteiger partial charge on any atom is 0.225 e. The second-order valence-electron chi connectivity index (χ2n) is 8.66. The van der Waals surface area contributed by atoms with Crippen LogP contribution in [-0.4, -0.2) is 54.0 Å². The zero-order chi connectivity index (χ0) is 18.0. The smallest absolute Gasteiger partial charge is 0.225 e. The topological polar surface area (TPSA) is 35.6 Å². The third kappa shape index (κ3) is 3.54. The molecule has 2 aliphatic heterocycles. The molecule has 3 aliphatic rings. The van der Waals surface area contributed by atoms with Gasteiger partial charge in [-0.1, -0.05) is 56.5 Å². The molecule has 1 atom stereocenters. The van der Waals surface area contributed by atoms with Crippen LogP contribution in [0.25, 0.3) is 0 Å². The fourth-order valence-electron chi connectivity index (χ4n) is 5.09. The summed E-state index contributed by atoms with van der Waals surface area (Å²) in [5, 5.41) is 3.31. The van der Waals surface area contributed by atoms with E-state index in [0.29, 0.717) is 11.8 Å². The molecule has 1 aromatic carbocycles. The van der Waals surface area contributed by atoms with E-state index in [4.69, 9.17) is 0 Å². The molecule has 4 rings (SSSR count). The van der Waals surface area contributed by atoms with Crippen molar-refractivity contribution < 1.29 is 4.79 Å². The molecular weight excluding hydrogens is 322 g/mol. The lowest BCUT2D eigenvalue weighted by Crippen LogP contribution is -2.64. The van der Waals surface area contributed by atoms with Crippen LogP contribution in [-0.2, 0) is 11.3 Å². The van der Waals surface area contributed by atoms with E-state index >= 15 is 0 Å². The van der Waals surface area contributed by atoms with Gasteiger partial charge in [-0.2, -0.15) is 0 Å². The van der Waals surface area contributed by atoms with Gasteiger partial charge < -0.3 is 10.2 Å². The molecule has 142 valence electrons. The Kier molecular flexibility index (Phi) is 5.32. The van der Waals surface area contributed by atoms with Crippen molar-refractivity contribution in [1.29, 1.82) is 0 Å². The van der Waals surface area contributed by atoms with Gasteiger partial charge in [0.1, 0.15) is 0 Å². The lowest BCUT2D eigenvalue weighted by atomic mass is 9.77. The summed E-state index contributed by atoms with van der Waals surface area (Å²) < 4.78 is 0. The maximum atomic E-state index is 13.1. The number of nitrogens with zero attached hydrogens (tertiary/aromatic N) is 2. The van der Waals surface area contributed by atoms with Crippen molar-refractivity contribution in [3.8, 4) is 0 Å². The van der Waals surface area contributed by atoms with Crippen molar-refractivity contribution in [3.05, 3.63) is 35.9 Å². The van der Waals surface area contributed by atoms with Gasteiger partial charge in [0.2, 0.25) is 5.91 Å². The van der Waals surface area contributed by atoms with E-state index in [1.807, 2.05) is 0 Å². The Morgan fingerprint density at radius 1 is 1.15 bits per heavy atom. The summed E-state index contributed by atoms with van der Waals surface area (Å²) in [7, 11) is 0. The Morgan fingerprint density at radius 2 is 1.88 bits per heavy atom. The van der Waals surface area contributed by atoms with E-state index in [-0.39, 0.29) is 11.5 Å². The Balaban J connectivity index is 1.48. The highest BCUT2D eigenvalue weighted by Gasteiger charge is 2.44. The molecule has 1 aromatic rings. The fraction of sp³-hybridized carbons (Fsp3) is 0.682. The predicted octanol–water partition coefficient (Wildman–Crippen LogP) is 2.89. The van der Waals surface area contributed by atoms with E-state index in [1.54, 1.807) is 0 Å². The number of rotatable bonds is 4. The van der Waals surface area contributed by atoms with Crippen LogP contribution in [0.15, 0.2) is 30.3 Å². The van der Waals surface area contributed by atoms with Crippen molar-refractivity contribution in [2.24, 2.45) is 11.8 Å². The molecule has 4 heteroatoms. The summed E-state index contributed by atoms with van der Waals surface area (Å²) >= 11 is 0. The fourth-order valence-corrected chi connectivity index (χ4v) is 5.09. The number of piperazine rings is 1. The van der Waals surface area contributed by atoms with Crippen molar-refractivity contribution in [2.45, 2.75) is 51.1 Å². The first kappa shape index (κ1) is 18.0. The van der Waals surface area contributed by atoms with Crippen LogP contribution in [0.4, 0.5) is 0 Å². The molecule has 1 saturated carbocycles. The SMILES string of the molecule is CC(C(=O)N1CCN(Cc2ccccc2)C2(CCCCC2)C1)C1CNC1. The minimum absolute atomic E-state index is 0.164. The van der Waals surface area contributed by atoms with Gasteiger partial charge in [0.25, 0.3) is 0 Å². The molecule has 1 aliphatic carbocycles. The van der Waals surface area contributed by atoms with Crippen LogP contribution in [0.1, 0.15) is 44.6 Å². The van der Waals surface area contributed by atoms with E-state index in [1.165, 1.54) is 37.7 Å². The quantitative estimate of drug-likeness (QED) is 0.902. The lowest BCUT2D eigenvalue weighted by molar-refractivity contribution is -0.145. The lowest BCUT2D eigenvalue weighted by Gasteiger charge is -2.53. The second kappa shape index (κ2) is 7.69. The van der Waals surface area contributed by atoms with Gasteiger partial charge in [-0.25, -0.2) is 0 Å². The Labute approximate surface area is 157 Å². The van der Waals surface area contributed by atoms with Gasteiger partial charge in [0.05, 0.1) is 0 Å². The molecule has 4 nitrogen and oxygen atoms in total. The van der Waals surface area contributed by atoms with Crippen LogP contribution in [0, 0.1) is 11.8 Å². The molecule has 1 spiro atoms. The summed E-state index contributed by atoms with van der Waals surface area (Å²) in [6.07, 6.45) is 6.43. The van der Waals surface area contributed by atoms with Crippen molar-refractivity contribution in [1.82, 2.24) is 15.1 Å². The standard InChI is InChI=1S/C22H33N3O/c1-18(20-14-23-15-20)21(26)24-12-13-25(16-19-8-4-2-5-9-19)22(17-24)10-6-3-7-11-22/h2,4-5,8-9,18,20,23H,3,6-7,10-17H2,1H3. The normalized spacial score (nSPS) is 25.0. The average molecular weight is 356 g/mol. The highest BCUT2D eigenvalue weighted by molar-refractivity contribution is 5.79. The molecule has 3 fully saturated rings. The number of amides is 1. The van der Waals surface area contributed by atoms with Gasteiger partial charge in [0, 0.05) is 37.6 Å². The molecular formula is C22H33N3O. The van der Waals surface area contributed by atoms with Gasteiger partial charge in [-0.15, -0.1) is 0 Å². The zero-order valence-electron chi connectivity index (χ0n) is 16.1. The second-order valence-corrected chi connectivity index (χ2v) is 8.66. The van der Waals surface area contributed by atoms with E-state index in [2.05, 4.69) is 52.4 Å². The molecule has 0 aromatic heterocycles. The van der Waals surface area contributed by atoms with Crippen LogP contribution in [0.5, 0.6) is 0 Å². The number of benzene rings is 1. The van der Waals surface area contributed by atoms with Gasteiger partial charge in [0.15, 0.2) is 0 Å². The predicted molar refractivity (Wildman–Crippen MR) is 105 cm³/mol. The molecule has 2 saturated heterocycles. The summed E-state index contributed by atoms with van der Waals surface area (Å²) in [5.74, 6) is 1.09. The molecule has 1 unspecified atom stereocenters. The Bertz CT molecular complexity index is 607. The maximum absolute atomic E-state index is 13.1. The summed E-state index contributed by atoms with van der Waals surface area (Å²) in [5.41, 5.74) is 1.59. The molecule has 0 bridgehead atoms. The number of hydrogen-bond acceptors (Lipinski definition) is 3. The van der Waals surface area contributed by atoms with Crippen molar-refractivity contribution in [2.75, 3.05) is 32.7 Å². The molecule has 1 N–H and O–H groups in total. The van der Waals surface area contributed by atoms with E-state index in [0.717, 1.165) is 39.3 Å². The first-order chi connectivity index (χ1) is 12.7. The minimum atomic E-state index is 0.164. The highest BCUT2D eigenvalue weighted by atomic mass is 16.2. The third-order valence-corrected chi connectivity index (χ3v) is 7.02. The largest absolute Gasteiger partial charge is 0.339 e. The number of hydrogen-bond donors (Lipinski definition) is 1. The summed E-state index contributed by atoms with van der Waals surface area (Å²) in [4.78, 5) is 18.0. The van der Waals surface area contributed by atoms with Gasteiger partial charge >= 0.3 is 0 Å². The molecule has 1 amide bonds.